The van der Waals surface area contributed by atoms with Crippen LogP contribution in [0.25, 0.3) is 11.0 Å². The first-order valence-electron chi connectivity index (χ1n) is 10.5. The van der Waals surface area contributed by atoms with Crippen molar-refractivity contribution in [3.63, 3.8) is 0 Å². The Bertz CT molecular complexity index is 1120. The molecule has 0 aliphatic heterocycles. The van der Waals surface area contributed by atoms with Crippen LogP contribution >= 0.6 is 0 Å². The van der Waals surface area contributed by atoms with E-state index in [4.69, 9.17) is 9.97 Å². The molecule has 1 fully saturated rings. The van der Waals surface area contributed by atoms with Crippen molar-refractivity contribution in [3.8, 4) is 0 Å². The Morgan fingerprint density at radius 1 is 0.897 bits per heavy atom. The summed E-state index contributed by atoms with van der Waals surface area (Å²) in [5.74, 6) is 0.156. The van der Waals surface area contributed by atoms with Crippen molar-refractivity contribution in [2.75, 3.05) is 11.4 Å². The second-order valence-corrected chi connectivity index (χ2v) is 9.16. The summed E-state index contributed by atoms with van der Waals surface area (Å²) in [6, 6.07) is 18.0. The minimum atomic E-state index is -0.653. The number of nitrogens with zero attached hydrogens (tertiary/aromatic N) is 3. The van der Waals surface area contributed by atoms with E-state index in [0.29, 0.717) is 6.54 Å². The van der Waals surface area contributed by atoms with Gasteiger partial charge in [-0.2, -0.15) is 0 Å². The molecule has 29 heavy (non-hydrogen) atoms. The van der Waals surface area contributed by atoms with E-state index in [0.717, 1.165) is 41.0 Å². The number of likely N-dealkylation sites (N-methyl/N-ethyl adjacent to an activating group) is 1. The molecule has 0 saturated heterocycles. The number of rotatable bonds is 3. The topological polar surface area (TPSA) is 46.1 Å². The van der Waals surface area contributed by atoms with E-state index in [1.54, 1.807) is 0 Å². The Morgan fingerprint density at radius 3 is 2.10 bits per heavy atom. The highest BCUT2D eigenvalue weighted by molar-refractivity contribution is 6.03. The molecule has 1 saturated carbocycles. The number of amides is 1. The molecule has 2 aliphatic carbocycles. The third kappa shape index (κ3) is 2.07. The first kappa shape index (κ1) is 18.3. The zero-order chi connectivity index (χ0) is 20.4. The van der Waals surface area contributed by atoms with Gasteiger partial charge >= 0.3 is 0 Å². The third-order valence-corrected chi connectivity index (χ3v) is 7.94. The van der Waals surface area contributed by atoms with Gasteiger partial charge in [-0.25, -0.2) is 9.97 Å². The fraction of sp³-hybridized carbons (Fsp3) is 0.400. The molecular weight excluding hydrogens is 358 g/mol. The highest BCUT2D eigenvalue weighted by atomic mass is 16.2. The predicted octanol–water partition coefficient (Wildman–Crippen LogP) is 5.01. The van der Waals surface area contributed by atoms with E-state index in [2.05, 4.69) is 20.8 Å². The van der Waals surface area contributed by atoms with Crippen LogP contribution in [0.4, 0.5) is 5.69 Å². The minimum Gasteiger partial charge on any atom is -0.312 e. The molecule has 0 N–H and O–H groups in total. The Labute approximate surface area is 172 Å². The molecule has 2 atom stereocenters. The summed E-state index contributed by atoms with van der Waals surface area (Å²) in [7, 11) is 0. The lowest BCUT2D eigenvalue weighted by Gasteiger charge is -2.42. The normalized spacial score (nSPS) is 26.5. The van der Waals surface area contributed by atoms with Crippen LogP contribution in [0.1, 0.15) is 51.9 Å². The van der Waals surface area contributed by atoms with Gasteiger partial charge in [-0.3, -0.25) is 4.79 Å². The fourth-order valence-corrected chi connectivity index (χ4v) is 5.80. The number of hydrogen-bond donors (Lipinski definition) is 0. The molecule has 1 aromatic heterocycles. The quantitative estimate of drug-likeness (QED) is 0.636. The average Bonchev–Trinajstić information content (AvgIpc) is 3.03. The Hall–Kier alpha value is -2.75. The van der Waals surface area contributed by atoms with Crippen molar-refractivity contribution in [2.24, 2.45) is 5.41 Å². The summed E-state index contributed by atoms with van der Waals surface area (Å²) >= 11 is 0. The summed E-state index contributed by atoms with van der Waals surface area (Å²) in [6.07, 6.45) is 1.77. The number of hydrogen-bond acceptors (Lipinski definition) is 3. The smallest absolute Gasteiger partial charge is 0.239 e. The largest absolute Gasteiger partial charge is 0.312 e. The van der Waals surface area contributed by atoms with E-state index in [1.807, 2.05) is 66.4 Å². The van der Waals surface area contributed by atoms with Gasteiger partial charge in [-0.1, -0.05) is 51.1 Å². The van der Waals surface area contributed by atoms with Crippen molar-refractivity contribution in [1.29, 1.82) is 0 Å². The monoisotopic (exact) mass is 385 g/mol. The predicted molar refractivity (Wildman–Crippen MR) is 116 cm³/mol. The van der Waals surface area contributed by atoms with Gasteiger partial charge in [-0.15, -0.1) is 0 Å². The second kappa shape index (κ2) is 5.88. The Balaban J connectivity index is 1.76. The number of benzene rings is 2. The number of aromatic nitrogens is 2. The standard InChI is InChI=1S/C25H27N3O/c1-5-28(17-11-7-6-8-12-17)22(29)25-16-15-24(4,23(25,2)3)20-21(25)27-19-14-10-9-13-18(19)26-20/h6-14H,5,15-16H2,1-4H3/t24-,25-/m1/s1. The van der Waals surface area contributed by atoms with Crippen molar-refractivity contribution < 1.29 is 4.79 Å². The lowest BCUT2D eigenvalue weighted by Crippen LogP contribution is -2.53. The van der Waals surface area contributed by atoms with Gasteiger partial charge in [0.1, 0.15) is 0 Å². The van der Waals surface area contributed by atoms with Crippen LogP contribution in [0.15, 0.2) is 54.6 Å². The number of fused-ring (bicyclic) bond motifs is 6. The second-order valence-electron chi connectivity index (χ2n) is 9.16. The molecule has 0 spiro atoms. The number of carbonyl (C=O) groups is 1. The van der Waals surface area contributed by atoms with Crippen LogP contribution in [0, 0.1) is 5.41 Å². The molecule has 1 amide bonds. The van der Waals surface area contributed by atoms with E-state index < -0.39 is 5.41 Å². The molecular formula is C25H27N3O. The van der Waals surface area contributed by atoms with E-state index >= 15 is 0 Å². The SMILES string of the molecule is CCN(C(=O)[C@@]12CC[C@](C)(c3nc4ccccc4nc31)C2(C)C)c1ccccc1. The average molecular weight is 386 g/mol. The molecule has 0 radical (unpaired) electrons. The van der Waals surface area contributed by atoms with Crippen LogP contribution in [-0.4, -0.2) is 22.4 Å². The van der Waals surface area contributed by atoms with Gasteiger partial charge in [-0.05, 0) is 49.4 Å². The lowest BCUT2D eigenvalue weighted by atomic mass is 9.63. The summed E-state index contributed by atoms with van der Waals surface area (Å²) in [5, 5.41) is 0. The fourth-order valence-electron chi connectivity index (χ4n) is 5.80. The van der Waals surface area contributed by atoms with E-state index in [-0.39, 0.29) is 16.7 Å². The Kier molecular flexibility index (Phi) is 3.71. The maximum atomic E-state index is 14.3. The number of anilines is 1. The van der Waals surface area contributed by atoms with Crippen molar-refractivity contribution in [3.05, 3.63) is 66.0 Å². The van der Waals surface area contributed by atoms with E-state index in [1.165, 1.54) is 0 Å². The van der Waals surface area contributed by atoms with Crippen molar-refractivity contribution in [1.82, 2.24) is 9.97 Å². The molecule has 148 valence electrons. The van der Waals surface area contributed by atoms with Gasteiger partial charge in [0.2, 0.25) is 5.91 Å². The zero-order valence-electron chi connectivity index (χ0n) is 17.6. The molecule has 3 aromatic rings. The number of para-hydroxylation sites is 3. The lowest BCUT2D eigenvalue weighted by molar-refractivity contribution is -0.127. The van der Waals surface area contributed by atoms with Crippen LogP contribution in [0.2, 0.25) is 0 Å². The molecule has 2 bridgehead atoms. The highest BCUT2D eigenvalue weighted by Crippen LogP contribution is 2.70. The van der Waals surface area contributed by atoms with Gasteiger partial charge in [0.15, 0.2) is 0 Å². The molecule has 4 heteroatoms. The van der Waals surface area contributed by atoms with Crippen molar-refractivity contribution >= 4 is 22.6 Å². The maximum absolute atomic E-state index is 14.3. The Morgan fingerprint density at radius 2 is 1.48 bits per heavy atom. The van der Waals surface area contributed by atoms with Gasteiger partial charge in [0.25, 0.3) is 0 Å². The third-order valence-electron chi connectivity index (χ3n) is 7.94. The molecule has 1 heterocycles. The highest BCUT2D eigenvalue weighted by Gasteiger charge is 2.73. The van der Waals surface area contributed by atoms with Crippen LogP contribution in [0.3, 0.4) is 0 Å². The molecule has 0 unspecified atom stereocenters. The zero-order valence-corrected chi connectivity index (χ0v) is 17.6. The molecule has 2 aliphatic rings. The minimum absolute atomic E-state index is 0.156. The number of carbonyl (C=O) groups excluding carboxylic acids is 1. The van der Waals surface area contributed by atoms with E-state index in [9.17, 15) is 4.79 Å². The van der Waals surface area contributed by atoms with Gasteiger partial charge < -0.3 is 4.90 Å². The first-order valence-corrected chi connectivity index (χ1v) is 10.5. The van der Waals surface area contributed by atoms with Gasteiger partial charge in [0.05, 0.1) is 27.8 Å². The van der Waals surface area contributed by atoms with Gasteiger partial charge in [0, 0.05) is 17.6 Å². The molecule has 4 nitrogen and oxygen atoms in total. The maximum Gasteiger partial charge on any atom is 0.239 e. The summed E-state index contributed by atoms with van der Waals surface area (Å²) in [5.41, 5.74) is 3.56. The summed E-state index contributed by atoms with van der Waals surface area (Å²) in [4.78, 5) is 26.3. The molecule has 5 rings (SSSR count). The molecule has 2 aromatic carbocycles. The van der Waals surface area contributed by atoms with Crippen molar-refractivity contribution in [2.45, 2.75) is 51.4 Å². The summed E-state index contributed by atoms with van der Waals surface area (Å²) in [6.45, 7) is 9.43. The van der Waals surface area contributed by atoms with Crippen LogP contribution in [0.5, 0.6) is 0 Å². The first-order chi connectivity index (χ1) is 13.9. The van der Waals surface area contributed by atoms with Crippen LogP contribution in [-0.2, 0) is 15.6 Å². The summed E-state index contributed by atoms with van der Waals surface area (Å²) < 4.78 is 0. The van der Waals surface area contributed by atoms with Crippen LogP contribution < -0.4 is 4.90 Å².